The van der Waals surface area contributed by atoms with Gasteiger partial charge in [-0.3, -0.25) is 9.78 Å². The minimum absolute atomic E-state index is 0.340. The highest BCUT2D eigenvalue weighted by molar-refractivity contribution is 7.99. The van der Waals surface area contributed by atoms with Crippen molar-refractivity contribution in [2.24, 2.45) is 0 Å². The van der Waals surface area contributed by atoms with Gasteiger partial charge in [-0.1, -0.05) is 0 Å². The lowest BCUT2D eigenvalue weighted by atomic mass is 9.93. The van der Waals surface area contributed by atoms with Gasteiger partial charge in [0, 0.05) is 12.4 Å². The first-order chi connectivity index (χ1) is 11.4. The maximum atomic E-state index is 12.3. The van der Waals surface area contributed by atoms with Crippen LogP contribution in [0, 0.1) is 0 Å². The summed E-state index contributed by atoms with van der Waals surface area (Å²) >= 11 is 7.38. The van der Waals surface area contributed by atoms with Crippen LogP contribution in [0.15, 0.2) is 24.5 Å². The number of hydrogen-bond donors (Lipinski definition) is 4. The average molecular weight is 377 g/mol. The third kappa shape index (κ3) is 4.19. The van der Waals surface area contributed by atoms with E-state index in [9.17, 15) is 20.1 Å². The van der Waals surface area contributed by atoms with Gasteiger partial charge in [-0.15, -0.1) is 23.4 Å². The van der Waals surface area contributed by atoms with E-state index in [2.05, 4.69) is 10.3 Å². The number of hydrogen-bond acceptors (Lipinski definition) is 7. The topological polar surface area (TPSA) is 112 Å². The SMILES string of the molecule is CSC1OC(C(NC(=O)c2cccnc2)C(C)Cl)C(O)C(O)C1O. The predicted octanol–water partition coefficient (Wildman–Crippen LogP) is -0.0221. The molecule has 134 valence electrons. The van der Waals surface area contributed by atoms with E-state index in [1.54, 1.807) is 31.5 Å². The quantitative estimate of drug-likeness (QED) is 0.534. The molecule has 1 aliphatic heterocycles. The molecule has 2 heterocycles. The second-order valence-electron chi connectivity index (χ2n) is 5.60. The monoisotopic (exact) mass is 376 g/mol. The van der Waals surface area contributed by atoms with Gasteiger partial charge in [0.15, 0.2) is 0 Å². The van der Waals surface area contributed by atoms with Crippen LogP contribution in [0.2, 0.25) is 0 Å². The lowest BCUT2D eigenvalue weighted by molar-refractivity contribution is -0.204. The third-order valence-corrected chi connectivity index (χ3v) is 5.04. The van der Waals surface area contributed by atoms with E-state index in [4.69, 9.17) is 16.3 Å². The van der Waals surface area contributed by atoms with Crippen molar-refractivity contribution >= 4 is 29.3 Å². The van der Waals surface area contributed by atoms with E-state index in [1.807, 2.05) is 0 Å². The van der Waals surface area contributed by atoms with E-state index in [-0.39, 0.29) is 0 Å². The second-order valence-corrected chi connectivity index (χ2v) is 7.22. The van der Waals surface area contributed by atoms with E-state index < -0.39 is 47.2 Å². The fraction of sp³-hybridized carbons (Fsp3) is 0.600. The minimum atomic E-state index is -1.39. The maximum absolute atomic E-state index is 12.3. The molecule has 0 spiro atoms. The Hall–Kier alpha value is -0.900. The van der Waals surface area contributed by atoms with Crippen LogP contribution in [0.1, 0.15) is 17.3 Å². The summed E-state index contributed by atoms with van der Waals surface area (Å²) in [7, 11) is 0. The van der Waals surface area contributed by atoms with Crippen molar-refractivity contribution in [3.05, 3.63) is 30.1 Å². The summed E-state index contributed by atoms with van der Waals surface area (Å²) in [6.45, 7) is 1.65. The number of nitrogens with one attached hydrogen (secondary N) is 1. The predicted molar refractivity (Wildman–Crippen MR) is 91.0 cm³/mol. The zero-order chi connectivity index (χ0) is 17.9. The highest BCUT2D eigenvalue weighted by Crippen LogP contribution is 2.30. The number of aromatic nitrogens is 1. The molecule has 1 aromatic heterocycles. The molecule has 24 heavy (non-hydrogen) atoms. The summed E-state index contributed by atoms with van der Waals surface area (Å²) in [5, 5.41) is 32.3. The summed E-state index contributed by atoms with van der Waals surface area (Å²) < 4.78 is 5.68. The number of carbonyl (C=O) groups is 1. The first-order valence-corrected chi connectivity index (χ1v) is 9.16. The third-order valence-electron chi connectivity index (χ3n) is 3.91. The maximum Gasteiger partial charge on any atom is 0.253 e. The van der Waals surface area contributed by atoms with Gasteiger partial charge in [0.2, 0.25) is 0 Å². The highest BCUT2D eigenvalue weighted by Gasteiger charge is 2.47. The molecular formula is C15H21ClN2O5S. The summed E-state index contributed by atoms with van der Waals surface area (Å²) in [6.07, 6.45) is -0.304. The van der Waals surface area contributed by atoms with Gasteiger partial charge >= 0.3 is 0 Å². The highest BCUT2D eigenvalue weighted by atomic mass is 35.5. The largest absolute Gasteiger partial charge is 0.388 e. The first kappa shape index (κ1) is 19.4. The Morgan fingerprint density at radius 1 is 1.38 bits per heavy atom. The van der Waals surface area contributed by atoms with Crippen molar-refractivity contribution in [2.45, 2.75) is 48.2 Å². The van der Waals surface area contributed by atoms with E-state index in [1.165, 1.54) is 18.0 Å². The van der Waals surface area contributed by atoms with Gasteiger partial charge < -0.3 is 25.4 Å². The van der Waals surface area contributed by atoms with E-state index >= 15 is 0 Å². The molecule has 0 radical (unpaired) electrons. The molecule has 0 aromatic carbocycles. The fourth-order valence-electron chi connectivity index (χ4n) is 2.56. The van der Waals surface area contributed by atoms with Gasteiger partial charge in [0.1, 0.15) is 29.9 Å². The van der Waals surface area contributed by atoms with Crippen LogP contribution in [0.3, 0.4) is 0 Å². The number of nitrogens with zero attached hydrogens (tertiary/aromatic N) is 1. The average Bonchev–Trinajstić information content (AvgIpc) is 2.59. The van der Waals surface area contributed by atoms with Gasteiger partial charge in [-0.05, 0) is 25.3 Å². The van der Waals surface area contributed by atoms with Crippen molar-refractivity contribution in [2.75, 3.05) is 6.26 Å². The summed E-state index contributed by atoms with van der Waals surface area (Å²) in [5.41, 5.74) is -0.395. The Kier molecular flexibility index (Phi) is 6.85. The number of aliphatic hydroxyl groups excluding tert-OH is 3. The molecule has 1 saturated heterocycles. The van der Waals surface area contributed by atoms with Crippen LogP contribution in [-0.2, 0) is 4.74 Å². The number of alkyl halides is 1. The zero-order valence-electron chi connectivity index (χ0n) is 13.2. The first-order valence-electron chi connectivity index (χ1n) is 7.44. The Morgan fingerprint density at radius 2 is 2.08 bits per heavy atom. The van der Waals surface area contributed by atoms with Crippen molar-refractivity contribution in [1.29, 1.82) is 0 Å². The van der Waals surface area contributed by atoms with Gasteiger partial charge in [0.05, 0.1) is 17.0 Å². The molecule has 1 aliphatic rings. The van der Waals surface area contributed by atoms with Crippen LogP contribution in [-0.4, -0.2) is 73.7 Å². The van der Waals surface area contributed by atoms with Crippen LogP contribution in [0.5, 0.6) is 0 Å². The number of carbonyl (C=O) groups excluding carboxylic acids is 1. The van der Waals surface area contributed by atoms with Crippen molar-refractivity contribution < 1.29 is 24.9 Å². The summed E-state index contributed by atoms with van der Waals surface area (Å²) in [6, 6.07) is 2.45. The minimum Gasteiger partial charge on any atom is -0.388 e. The number of ether oxygens (including phenoxy) is 1. The van der Waals surface area contributed by atoms with E-state index in [0.29, 0.717) is 5.56 Å². The second kappa shape index (κ2) is 8.46. The Labute approximate surface area is 149 Å². The molecule has 7 unspecified atom stereocenters. The standard InChI is InChI=1S/C15H21ClN2O5S/c1-7(16)9(18-14(22)8-4-3-5-17-6-8)13-11(20)10(19)12(21)15(23-13)24-2/h3-7,9-13,15,19-21H,1-2H3,(H,18,22). The molecule has 1 amide bonds. The van der Waals surface area contributed by atoms with Crippen molar-refractivity contribution in [3.63, 3.8) is 0 Å². The van der Waals surface area contributed by atoms with Gasteiger partial charge in [-0.25, -0.2) is 0 Å². The van der Waals surface area contributed by atoms with Crippen LogP contribution >= 0.6 is 23.4 Å². The molecule has 4 N–H and O–H groups in total. The molecule has 1 aromatic rings. The summed E-state index contributed by atoms with van der Waals surface area (Å²) in [4.78, 5) is 16.2. The van der Waals surface area contributed by atoms with E-state index in [0.717, 1.165) is 0 Å². The van der Waals surface area contributed by atoms with Crippen molar-refractivity contribution in [3.8, 4) is 0 Å². The van der Waals surface area contributed by atoms with Gasteiger partial charge in [0.25, 0.3) is 5.91 Å². The normalized spacial score (nSPS) is 32.8. The Balaban J connectivity index is 2.18. The Morgan fingerprint density at radius 3 is 2.62 bits per heavy atom. The van der Waals surface area contributed by atoms with Gasteiger partial charge in [-0.2, -0.15) is 0 Å². The molecule has 1 fully saturated rings. The number of rotatable bonds is 5. The van der Waals surface area contributed by atoms with Crippen LogP contribution in [0.4, 0.5) is 0 Å². The molecular weight excluding hydrogens is 356 g/mol. The smallest absolute Gasteiger partial charge is 0.253 e. The lowest BCUT2D eigenvalue weighted by Gasteiger charge is -2.43. The number of amides is 1. The molecule has 0 saturated carbocycles. The number of pyridine rings is 1. The molecule has 0 bridgehead atoms. The summed E-state index contributed by atoms with van der Waals surface area (Å²) in [5.74, 6) is -0.419. The number of thioether (sulfide) groups is 1. The molecule has 2 rings (SSSR count). The van der Waals surface area contributed by atoms with Crippen LogP contribution < -0.4 is 5.32 Å². The van der Waals surface area contributed by atoms with Crippen LogP contribution in [0.25, 0.3) is 0 Å². The molecule has 0 aliphatic carbocycles. The lowest BCUT2D eigenvalue weighted by Crippen LogP contribution is -2.64. The number of aliphatic hydroxyl groups is 3. The fourth-order valence-corrected chi connectivity index (χ4v) is 3.44. The van der Waals surface area contributed by atoms with Crippen molar-refractivity contribution in [1.82, 2.24) is 10.3 Å². The number of halogens is 1. The molecule has 9 heteroatoms. The molecule has 7 atom stereocenters. The zero-order valence-corrected chi connectivity index (χ0v) is 14.8. The molecule has 7 nitrogen and oxygen atoms in total. The Bertz CT molecular complexity index is 548.